The van der Waals surface area contributed by atoms with Crippen LogP contribution >= 0.6 is 0 Å². The van der Waals surface area contributed by atoms with Crippen molar-refractivity contribution in [2.24, 2.45) is 0 Å². The second-order valence-electron chi connectivity index (χ2n) is 5.45. The zero-order valence-corrected chi connectivity index (χ0v) is 12.5. The van der Waals surface area contributed by atoms with Crippen LogP contribution in [0.4, 0.5) is 0 Å². The Labute approximate surface area is 119 Å². The summed E-state index contributed by atoms with van der Waals surface area (Å²) >= 11 is 0. The van der Waals surface area contributed by atoms with Gasteiger partial charge in [0.1, 0.15) is 11.4 Å². The molecule has 0 fully saturated rings. The van der Waals surface area contributed by atoms with Gasteiger partial charge in [-0.05, 0) is 38.8 Å². The van der Waals surface area contributed by atoms with E-state index in [-0.39, 0.29) is 19.1 Å². The summed E-state index contributed by atoms with van der Waals surface area (Å²) in [5.74, 6) is 0.373. The molecule has 112 valence electrons. The minimum Gasteiger partial charge on any atom is -0.483 e. The summed E-state index contributed by atoms with van der Waals surface area (Å²) in [4.78, 5) is 11.6. The summed E-state index contributed by atoms with van der Waals surface area (Å²) in [6, 6.07) is 3.99. The Morgan fingerprint density at radius 3 is 2.35 bits per heavy atom. The summed E-state index contributed by atoms with van der Waals surface area (Å²) in [6.07, 6.45) is 0. The first-order valence-electron chi connectivity index (χ1n) is 6.56. The predicted octanol–water partition coefficient (Wildman–Crippen LogP) is 0.850. The highest BCUT2D eigenvalue weighted by Crippen LogP contribution is 2.24. The molecule has 3 N–H and O–H groups in total. The Kier molecular flexibility index (Phi) is 5.53. The van der Waals surface area contributed by atoms with Crippen molar-refractivity contribution in [2.75, 3.05) is 19.8 Å². The van der Waals surface area contributed by atoms with E-state index < -0.39 is 12.2 Å². The van der Waals surface area contributed by atoms with Crippen LogP contribution in [-0.4, -0.2) is 41.5 Å². The third-order valence-corrected chi connectivity index (χ3v) is 2.96. The number of hydrogen-bond acceptors (Lipinski definition) is 4. The Hall–Kier alpha value is -1.59. The van der Waals surface area contributed by atoms with Gasteiger partial charge in [0.05, 0.1) is 6.61 Å². The molecule has 0 aliphatic heterocycles. The molecule has 1 aromatic rings. The molecule has 5 nitrogen and oxygen atoms in total. The lowest BCUT2D eigenvalue weighted by Crippen LogP contribution is -2.44. The molecule has 0 aliphatic rings. The van der Waals surface area contributed by atoms with Crippen molar-refractivity contribution in [1.29, 1.82) is 0 Å². The number of ether oxygens (including phenoxy) is 1. The second-order valence-corrected chi connectivity index (χ2v) is 5.45. The highest BCUT2D eigenvalue weighted by atomic mass is 16.5. The maximum Gasteiger partial charge on any atom is 0.258 e. The Balaban J connectivity index is 2.54. The summed E-state index contributed by atoms with van der Waals surface area (Å²) in [6.45, 7) is 6.78. The molecule has 1 unspecified atom stereocenters. The number of amides is 1. The largest absolute Gasteiger partial charge is 0.483 e. The SMILES string of the molecule is Cc1cc(C)c(OCC(=O)NCC(C)(O)CO)c(C)c1. The molecular formula is C15H23NO4. The number of carbonyl (C=O) groups is 1. The van der Waals surface area contributed by atoms with Crippen LogP contribution in [0, 0.1) is 20.8 Å². The molecule has 1 amide bonds. The molecule has 0 saturated carbocycles. The minimum atomic E-state index is -1.31. The molecule has 0 radical (unpaired) electrons. The van der Waals surface area contributed by atoms with E-state index in [4.69, 9.17) is 9.84 Å². The third-order valence-electron chi connectivity index (χ3n) is 2.96. The first-order chi connectivity index (χ1) is 9.25. The molecular weight excluding hydrogens is 258 g/mol. The summed E-state index contributed by atoms with van der Waals surface area (Å²) in [7, 11) is 0. The average molecular weight is 281 g/mol. The van der Waals surface area contributed by atoms with Crippen molar-refractivity contribution in [3.63, 3.8) is 0 Å². The Bertz CT molecular complexity index is 460. The number of aliphatic hydroxyl groups is 2. The van der Waals surface area contributed by atoms with Gasteiger partial charge in [0.25, 0.3) is 5.91 Å². The van der Waals surface area contributed by atoms with Crippen LogP contribution in [0.3, 0.4) is 0 Å². The number of nitrogens with one attached hydrogen (secondary N) is 1. The molecule has 1 rings (SSSR count). The molecule has 0 bridgehead atoms. The average Bonchev–Trinajstić information content (AvgIpc) is 2.35. The fourth-order valence-electron chi connectivity index (χ4n) is 1.93. The number of rotatable bonds is 6. The van der Waals surface area contributed by atoms with Gasteiger partial charge in [0.15, 0.2) is 6.61 Å². The molecule has 0 aliphatic carbocycles. The minimum absolute atomic E-state index is 0.0163. The Morgan fingerprint density at radius 1 is 1.30 bits per heavy atom. The zero-order chi connectivity index (χ0) is 15.3. The smallest absolute Gasteiger partial charge is 0.258 e. The normalized spacial score (nSPS) is 13.7. The molecule has 1 aromatic carbocycles. The maximum absolute atomic E-state index is 11.6. The van der Waals surface area contributed by atoms with E-state index in [1.165, 1.54) is 6.92 Å². The maximum atomic E-state index is 11.6. The lowest BCUT2D eigenvalue weighted by molar-refractivity contribution is -0.124. The van der Waals surface area contributed by atoms with Gasteiger partial charge in [-0.25, -0.2) is 0 Å². The number of carbonyl (C=O) groups excluding carboxylic acids is 1. The van der Waals surface area contributed by atoms with Crippen molar-refractivity contribution >= 4 is 5.91 Å². The molecule has 0 heterocycles. The fraction of sp³-hybridized carbons (Fsp3) is 0.533. The lowest BCUT2D eigenvalue weighted by Gasteiger charge is -2.20. The Morgan fingerprint density at radius 2 is 1.85 bits per heavy atom. The van der Waals surface area contributed by atoms with Gasteiger partial charge < -0.3 is 20.3 Å². The van der Waals surface area contributed by atoms with Crippen LogP contribution in [0.15, 0.2) is 12.1 Å². The number of aryl methyl sites for hydroxylation is 3. The predicted molar refractivity (Wildman–Crippen MR) is 76.9 cm³/mol. The van der Waals surface area contributed by atoms with E-state index in [1.54, 1.807) is 0 Å². The van der Waals surface area contributed by atoms with Crippen LogP contribution in [0.5, 0.6) is 5.75 Å². The van der Waals surface area contributed by atoms with Crippen molar-refractivity contribution in [3.8, 4) is 5.75 Å². The topological polar surface area (TPSA) is 78.8 Å². The van der Waals surface area contributed by atoms with Crippen molar-refractivity contribution in [3.05, 3.63) is 28.8 Å². The third kappa shape index (κ3) is 4.83. The van der Waals surface area contributed by atoms with Gasteiger partial charge in [0.2, 0.25) is 0 Å². The molecule has 0 aromatic heterocycles. The fourth-order valence-corrected chi connectivity index (χ4v) is 1.93. The van der Waals surface area contributed by atoms with E-state index in [9.17, 15) is 9.90 Å². The first kappa shape index (κ1) is 16.5. The van der Waals surface area contributed by atoms with E-state index in [2.05, 4.69) is 5.32 Å². The van der Waals surface area contributed by atoms with Crippen molar-refractivity contribution < 1.29 is 19.7 Å². The van der Waals surface area contributed by atoms with Crippen molar-refractivity contribution in [1.82, 2.24) is 5.32 Å². The molecule has 1 atom stereocenters. The van der Waals surface area contributed by atoms with Gasteiger partial charge in [-0.3, -0.25) is 4.79 Å². The highest BCUT2D eigenvalue weighted by molar-refractivity contribution is 5.77. The number of aliphatic hydroxyl groups excluding tert-OH is 1. The highest BCUT2D eigenvalue weighted by Gasteiger charge is 2.20. The quantitative estimate of drug-likeness (QED) is 0.722. The van der Waals surface area contributed by atoms with Gasteiger partial charge >= 0.3 is 0 Å². The van der Waals surface area contributed by atoms with E-state index in [0.717, 1.165) is 16.7 Å². The van der Waals surface area contributed by atoms with Gasteiger partial charge in [0, 0.05) is 6.54 Å². The van der Waals surface area contributed by atoms with Crippen LogP contribution in [0.25, 0.3) is 0 Å². The summed E-state index contributed by atoms with van der Waals surface area (Å²) in [5.41, 5.74) is 1.80. The van der Waals surface area contributed by atoms with Gasteiger partial charge in [-0.15, -0.1) is 0 Å². The molecule has 20 heavy (non-hydrogen) atoms. The van der Waals surface area contributed by atoms with E-state index in [0.29, 0.717) is 5.75 Å². The lowest BCUT2D eigenvalue weighted by atomic mass is 10.1. The zero-order valence-electron chi connectivity index (χ0n) is 12.5. The summed E-state index contributed by atoms with van der Waals surface area (Å²) in [5, 5.41) is 21.0. The van der Waals surface area contributed by atoms with E-state index >= 15 is 0 Å². The monoisotopic (exact) mass is 281 g/mol. The summed E-state index contributed by atoms with van der Waals surface area (Å²) < 4.78 is 5.53. The molecule has 0 saturated heterocycles. The van der Waals surface area contributed by atoms with Crippen LogP contribution in [0.2, 0.25) is 0 Å². The van der Waals surface area contributed by atoms with Gasteiger partial charge in [-0.2, -0.15) is 0 Å². The van der Waals surface area contributed by atoms with Crippen molar-refractivity contribution in [2.45, 2.75) is 33.3 Å². The number of benzene rings is 1. The van der Waals surface area contributed by atoms with Crippen LogP contribution in [0.1, 0.15) is 23.6 Å². The van der Waals surface area contributed by atoms with Gasteiger partial charge in [-0.1, -0.05) is 17.7 Å². The molecule has 5 heteroatoms. The second kappa shape index (κ2) is 6.72. The first-order valence-corrected chi connectivity index (χ1v) is 6.56. The standard InChI is InChI=1S/C15H23NO4/c1-10-5-11(2)14(12(3)6-10)20-7-13(18)16-8-15(4,19)9-17/h5-6,17,19H,7-9H2,1-4H3,(H,16,18). The van der Waals surface area contributed by atoms with Crippen LogP contribution < -0.4 is 10.1 Å². The molecule has 0 spiro atoms. The number of hydrogen-bond donors (Lipinski definition) is 3. The van der Waals surface area contributed by atoms with Crippen LogP contribution in [-0.2, 0) is 4.79 Å². The van der Waals surface area contributed by atoms with E-state index in [1.807, 2.05) is 32.9 Å².